The standard InChI is InChI=1S/C16H22N4O/c1-11(2)18-16(21)13-6-5-7-14(10-13)19-12(3)15-17-8-9-20(15)4/h5-12,19H,1-4H3,(H,18,21). The van der Waals surface area contributed by atoms with Crippen LogP contribution in [0.4, 0.5) is 5.69 Å². The number of nitrogens with one attached hydrogen (secondary N) is 2. The summed E-state index contributed by atoms with van der Waals surface area (Å²) in [4.78, 5) is 16.4. The smallest absolute Gasteiger partial charge is 0.251 e. The maximum atomic E-state index is 12.0. The number of carbonyl (C=O) groups excluding carboxylic acids is 1. The first-order valence-electron chi connectivity index (χ1n) is 7.12. The van der Waals surface area contributed by atoms with Crippen molar-refractivity contribution in [2.45, 2.75) is 32.9 Å². The molecule has 0 aliphatic rings. The number of carbonyl (C=O) groups is 1. The van der Waals surface area contributed by atoms with Gasteiger partial charge < -0.3 is 15.2 Å². The molecule has 0 saturated heterocycles. The Labute approximate surface area is 125 Å². The molecule has 0 spiro atoms. The van der Waals surface area contributed by atoms with Crippen LogP contribution in [0.5, 0.6) is 0 Å². The minimum absolute atomic E-state index is 0.0571. The van der Waals surface area contributed by atoms with Crippen molar-refractivity contribution in [3.8, 4) is 0 Å². The van der Waals surface area contributed by atoms with Gasteiger partial charge >= 0.3 is 0 Å². The van der Waals surface area contributed by atoms with Gasteiger partial charge in [0, 0.05) is 36.7 Å². The maximum Gasteiger partial charge on any atom is 0.251 e. The second-order valence-electron chi connectivity index (χ2n) is 5.47. The van der Waals surface area contributed by atoms with Gasteiger partial charge in [-0.3, -0.25) is 4.79 Å². The monoisotopic (exact) mass is 286 g/mol. The zero-order valence-electron chi connectivity index (χ0n) is 12.9. The van der Waals surface area contributed by atoms with E-state index in [1.54, 1.807) is 6.20 Å². The minimum Gasteiger partial charge on any atom is -0.375 e. The van der Waals surface area contributed by atoms with E-state index in [9.17, 15) is 4.79 Å². The van der Waals surface area contributed by atoms with Gasteiger partial charge in [-0.05, 0) is 39.0 Å². The van der Waals surface area contributed by atoms with Crippen LogP contribution in [0.15, 0.2) is 36.7 Å². The lowest BCUT2D eigenvalue weighted by Gasteiger charge is -2.16. The molecule has 0 aliphatic heterocycles. The van der Waals surface area contributed by atoms with E-state index < -0.39 is 0 Å². The van der Waals surface area contributed by atoms with Crippen LogP contribution in [0.3, 0.4) is 0 Å². The number of hydrogen-bond acceptors (Lipinski definition) is 3. The zero-order valence-corrected chi connectivity index (χ0v) is 12.9. The summed E-state index contributed by atoms with van der Waals surface area (Å²) in [6, 6.07) is 7.69. The number of benzene rings is 1. The van der Waals surface area contributed by atoms with Crippen LogP contribution < -0.4 is 10.6 Å². The number of nitrogens with zero attached hydrogens (tertiary/aromatic N) is 2. The molecule has 0 bridgehead atoms. The van der Waals surface area contributed by atoms with E-state index in [-0.39, 0.29) is 18.0 Å². The summed E-state index contributed by atoms with van der Waals surface area (Å²) in [6.45, 7) is 5.94. The Morgan fingerprint density at radius 2 is 2.05 bits per heavy atom. The first-order chi connectivity index (χ1) is 9.97. The molecule has 2 aromatic rings. The fourth-order valence-electron chi connectivity index (χ4n) is 2.20. The highest BCUT2D eigenvalue weighted by Crippen LogP contribution is 2.18. The second-order valence-corrected chi connectivity index (χ2v) is 5.47. The fraction of sp³-hybridized carbons (Fsp3) is 0.375. The quantitative estimate of drug-likeness (QED) is 0.888. The second kappa shape index (κ2) is 6.43. The minimum atomic E-state index is -0.0571. The summed E-state index contributed by atoms with van der Waals surface area (Å²) in [7, 11) is 1.97. The van der Waals surface area contributed by atoms with Crippen LogP contribution in [0.1, 0.15) is 43.0 Å². The Morgan fingerprint density at radius 3 is 2.67 bits per heavy atom. The lowest BCUT2D eigenvalue weighted by atomic mass is 10.1. The van der Waals surface area contributed by atoms with E-state index >= 15 is 0 Å². The molecular weight excluding hydrogens is 264 g/mol. The fourth-order valence-corrected chi connectivity index (χ4v) is 2.20. The third-order valence-corrected chi connectivity index (χ3v) is 3.17. The highest BCUT2D eigenvalue weighted by Gasteiger charge is 2.12. The molecule has 1 heterocycles. The predicted octanol–water partition coefficient (Wildman–Crippen LogP) is 2.73. The van der Waals surface area contributed by atoms with Crippen LogP contribution in [0, 0.1) is 0 Å². The van der Waals surface area contributed by atoms with Crippen molar-refractivity contribution in [3.05, 3.63) is 48.0 Å². The number of aromatic nitrogens is 2. The van der Waals surface area contributed by atoms with Crippen LogP contribution in [0.25, 0.3) is 0 Å². The van der Waals surface area contributed by atoms with Gasteiger partial charge in [0.05, 0.1) is 6.04 Å². The molecule has 0 fully saturated rings. The Morgan fingerprint density at radius 1 is 1.29 bits per heavy atom. The number of imidazole rings is 1. The maximum absolute atomic E-state index is 12.0. The Kier molecular flexibility index (Phi) is 4.62. The molecule has 2 N–H and O–H groups in total. The van der Waals surface area contributed by atoms with Crippen LogP contribution in [-0.2, 0) is 7.05 Å². The largest absolute Gasteiger partial charge is 0.375 e. The van der Waals surface area contributed by atoms with Gasteiger partial charge in [-0.2, -0.15) is 0 Å². The molecule has 0 aliphatic carbocycles. The van der Waals surface area contributed by atoms with Crippen molar-refractivity contribution in [1.82, 2.24) is 14.9 Å². The Bertz CT molecular complexity index is 618. The average Bonchev–Trinajstić information content (AvgIpc) is 2.84. The van der Waals surface area contributed by atoms with Gasteiger partial charge in [0.1, 0.15) is 5.82 Å². The topological polar surface area (TPSA) is 59.0 Å². The van der Waals surface area contributed by atoms with Crippen LogP contribution >= 0.6 is 0 Å². The van der Waals surface area contributed by atoms with Crippen molar-refractivity contribution in [2.24, 2.45) is 7.05 Å². The molecule has 0 radical (unpaired) electrons. The number of hydrogen-bond donors (Lipinski definition) is 2. The molecule has 1 amide bonds. The third-order valence-electron chi connectivity index (χ3n) is 3.17. The lowest BCUT2D eigenvalue weighted by molar-refractivity contribution is 0.0943. The molecule has 1 unspecified atom stereocenters. The zero-order chi connectivity index (χ0) is 15.4. The van der Waals surface area contributed by atoms with E-state index in [0.717, 1.165) is 11.5 Å². The number of amides is 1. The number of aryl methyl sites for hydroxylation is 1. The highest BCUT2D eigenvalue weighted by atomic mass is 16.1. The molecule has 0 saturated carbocycles. The van der Waals surface area contributed by atoms with Crippen molar-refractivity contribution in [2.75, 3.05) is 5.32 Å². The summed E-state index contributed by atoms with van der Waals surface area (Å²) in [5.74, 6) is 0.894. The summed E-state index contributed by atoms with van der Waals surface area (Å²) >= 11 is 0. The van der Waals surface area contributed by atoms with E-state index in [1.807, 2.05) is 62.8 Å². The molecular formula is C16H22N4O. The van der Waals surface area contributed by atoms with Gasteiger partial charge in [0.2, 0.25) is 0 Å². The molecule has 5 nitrogen and oxygen atoms in total. The van der Waals surface area contributed by atoms with Crippen molar-refractivity contribution < 1.29 is 4.79 Å². The third kappa shape index (κ3) is 3.84. The Balaban J connectivity index is 2.11. The van der Waals surface area contributed by atoms with E-state index in [1.165, 1.54) is 0 Å². The number of rotatable bonds is 5. The first-order valence-corrected chi connectivity index (χ1v) is 7.12. The first kappa shape index (κ1) is 15.1. The summed E-state index contributed by atoms with van der Waals surface area (Å²) < 4.78 is 1.98. The highest BCUT2D eigenvalue weighted by molar-refractivity contribution is 5.95. The van der Waals surface area contributed by atoms with Gasteiger partial charge in [-0.25, -0.2) is 4.98 Å². The summed E-state index contributed by atoms with van der Waals surface area (Å²) in [5, 5.41) is 6.26. The molecule has 5 heteroatoms. The average molecular weight is 286 g/mol. The lowest BCUT2D eigenvalue weighted by Crippen LogP contribution is -2.30. The summed E-state index contributed by atoms with van der Waals surface area (Å²) in [5.41, 5.74) is 1.56. The van der Waals surface area contributed by atoms with Gasteiger partial charge in [-0.15, -0.1) is 0 Å². The van der Waals surface area contributed by atoms with E-state index in [0.29, 0.717) is 5.56 Å². The van der Waals surface area contributed by atoms with Crippen molar-refractivity contribution >= 4 is 11.6 Å². The number of anilines is 1. The normalized spacial score (nSPS) is 12.2. The molecule has 1 atom stereocenters. The van der Waals surface area contributed by atoms with E-state index in [4.69, 9.17) is 0 Å². The van der Waals surface area contributed by atoms with Crippen molar-refractivity contribution in [3.63, 3.8) is 0 Å². The van der Waals surface area contributed by atoms with E-state index in [2.05, 4.69) is 15.6 Å². The van der Waals surface area contributed by atoms with Crippen LogP contribution in [-0.4, -0.2) is 21.5 Å². The Hall–Kier alpha value is -2.30. The van der Waals surface area contributed by atoms with Gasteiger partial charge in [0.25, 0.3) is 5.91 Å². The molecule has 1 aromatic carbocycles. The van der Waals surface area contributed by atoms with Crippen LogP contribution in [0.2, 0.25) is 0 Å². The summed E-state index contributed by atoms with van der Waals surface area (Å²) in [6.07, 6.45) is 3.69. The van der Waals surface area contributed by atoms with Gasteiger partial charge in [0.15, 0.2) is 0 Å². The van der Waals surface area contributed by atoms with Crippen molar-refractivity contribution in [1.29, 1.82) is 0 Å². The molecule has 112 valence electrons. The molecule has 2 rings (SSSR count). The SMILES string of the molecule is CC(C)NC(=O)c1cccc(NC(C)c2nccn2C)c1. The molecule has 1 aromatic heterocycles. The predicted molar refractivity (Wildman–Crippen MR) is 84.3 cm³/mol. The molecule has 21 heavy (non-hydrogen) atoms. The van der Waals surface area contributed by atoms with Gasteiger partial charge in [-0.1, -0.05) is 6.07 Å².